The molecule has 0 aliphatic carbocycles. The molecule has 3 aromatic rings. The Balaban J connectivity index is 2.26. The third kappa shape index (κ3) is 2.16. The van der Waals surface area contributed by atoms with Gasteiger partial charge in [0.05, 0.1) is 11.0 Å². The van der Waals surface area contributed by atoms with Crippen LogP contribution in [0, 0.1) is 6.92 Å². The zero-order chi connectivity index (χ0) is 14.1. The Morgan fingerprint density at radius 3 is 2.75 bits per heavy atom. The van der Waals surface area contributed by atoms with Gasteiger partial charge in [0.1, 0.15) is 12.4 Å². The van der Waals surface area contributed by atoms with Gasteiger partial charge in [-0.15, -0.1) is 0 Å². The highest BCUT2D eigenvalue weighted by Gasteiger charge is 2.14. The molecule has 4 nitrogen and oxygen atoms in total. The van der Waals surface area contributed by atoms with E-state index in [9.17, 15) is 4.79 Å². The standard InChI is InChI=1S/C16H14N2O2/c1-11-5-4-6-12(9-11)16-17-13-7-2-3-8-14(13)18(16)10-15(19)20/h2-9H,10H2,1H3,(H,19,20). The number of imidazole rings is 1. The molecule has 0 amide bonds. The van der Waals surface area contributed by atoms with E-state index in [0.717, 1.165) is 22.2 Å². The maximum Gasteiger partial charge on any atom is 0.323 e. The molecule has 0 radical (unpaired) electrons. The number of carbonyl (C=O) groups is 1. The summed E-state index contributed by atoms with van der Waals surface area (Å²) in [7, 11) is 0. The lowest BCUT2D eigenvalue weighted by molar-refractivity contribution is -0.137. The molecule has 0 saturated carbocycles. The summed E-state index contributed by atoms with van der Waals surface area (Å²) in [5.74, 6) is -0.181. The number of benzene rings is 2. The van der Waals surface area contributed by atoms with Gasteiger partial charge >= 0.3 is 5.97 Å². The number of para-hydroxylation sites is 2. The van der Waals surface area contributed by atoms with Crippen molar-refractivity contribution < 1.29 is 9.90 Å². The fraction of sp³-hybridized carbons (Fsp3) is 0.125. The largest absolute Gasteiger partial charge is 0.480 e. The Bertz CT molecular complexity index is 790. The molecular weight excluding hydrogens is 252 g/mol. The van der Waals surface area contributed by atoms with Gasteiger partial charge in [0.15, 0.2) is 0 Å². The normalized spacial score (nSPS) is 10.8. The summed E-state index contributed by atoms with van der Waals surface area (Å²) in [5.41, 5.74) is 3.70. The number of carboxylic acid groups (broad SMARTS) is 1. The molecule has 1 N–H and O–H groups in total. The Kier molecular flexibility index (Phi) is 2.99. The monoisotopic (exact) mass is 266 g/mol. The zero-order valence-corrected chi connectivity index (χ0v) is 11.1. The number of aromatic nitrogens is 2. The average Bonchev–Trinajstić information content (AvgIpc) is 2.77. The summed E-state index contributed by atoms with van der Waals surface area (Å²) in [4.78, 5) is 15.7. The van der Waals surface area contributed by atoms with Gasteiger partial charge < -0.3 is 9.67 Å². The van der Waals surface area contributed by atoms with E-state index < -0.39 is 5.97 Å². The molecule has 4 heteroatoms. The van der Waals surface area contributed by atoms with Crippen LogP contribution in [0.2, 0.25) is 0 Å². The van der Waals surface area contributed by atoms with Crippen LogP contribution in [0.1, 0.15) is 5.56 Å². The van der Waals surface area contributed by atoms with Crippen molar-refractivity contribution in [3.05, 3.63) is 54.1 Å². The minimum absolute atomic E-state index is 0.0935. The highest BCUT2D eigenvalue weighted by Crippen LogP contribution is 2.25. The molecular formula is C16H14N2O2. The lowest BCUT2D eigenvalue weighted by atomic mass is 10.1. The summed E-state index contributed by atoms with van der Waals surface area (Å²) in [6.07, 6.45) is 0. The molecule has 0 spiro atoms. The zero-order valence-electron chi connectivity index (χ0n) is 11.1. The number of carboxylic acids is 1. The van der Waals surface area contributed by atoms with Gasteiger partial charge in [-0.2, -0.15) is 0 Å². The second kappa shape index (κ2) is 4.81. The molecule has 1 aromatic heterocycles. The smallest absolute Gasteiger partial charge is 0.323 e. The molecule has 2 aromatic carbocycles. The molecule has 0 aliphatic heterocycles. The van der Waals surface area contributed by atoms with E-state index in [4.69, 9.17) is 5.11 Å². The quantitative estimate of drug-likeness (QED) is 0.792. The maximum absolute atomic E-state index is 11.1. The third-order valence-corrected chi connectivity index (χ3v) is 3.22. The van der Waals surface area contributed by atoms with Crippen molar-refractivity contribution in [2.45, 2.75) is 13.5 Å². The van der Waals surface area contributed by atoms with Crippen LogP contribution in [0.3, 0.4) is 0 Å². The Morgan fingerprint density at radius 1 is 1.20 bits per heavy atom. The average molecular weight is 266 g/mol. The second-order valence-corrected chi connectivity index (χ2v) is 4.77. The van der Waals surface area contributed by atoms with Crippen molar-refractivity contribution >= 4 is 17.0 Å². The number of hydrogen-bond acceptors (Lipinski definition) is 2. The number of nitrogens with zero attached hydrogens (tertiary/aromatic N) is 2. The van der Waals surface area contributed by atoms with Gasteiger partial charge in [-0.05, 0) is 25.1 Å². The van der Waals surface area contributed by atoms with Crippen LogP contribution in [0.25, 0.3) is 22.4 Å². The number of aliphatic carboxylic acids is 1. The van der Waals surface area contributed by atoms with Crippen molar-refractivity contribution in [1.82, 2.24) is 9.55 Å². The number of aryl methyl sites for hydroxylation is 1. The third-order valence-electron chi connectivity index (χ3n) is 3.22. The van der Waals surface area contributed by atoms with Crippen LogP contribution in [-0.4, -0.2) is 20.6 Å². The van der Waals surface area contributed by atoms with E-state index in [1.54, 1.807) is 4.57 Å². The second-order valence-electron chi connectivity index (χ2n) is 4.77. The molecule has 0 unspecified atom stereocenters. The molecule has 0 saturated heterocycles. The summed E-state index contributed by atoms with van der Waals surface area (Å²) in [5, 5.41) is 9.12. The molecule has 20 heavy (non-hydrogen) atoms. The Morgan fingerprint density at radius 2 is 2.00 bits per heavy atom. The summed E-state index contributed by atoms with van der Waals surface area (Å²) in [6.45, 7) is 1.91. The van der Waals surface area contributed by atoms with E-state index >= 15 is 0 Å². The first-order valence-corrected chi connectivity index (χ1v) is 6.39. The first-order chi connectivity index (χ1) is 9.65. The number of fused-ring (bicyclic) bond motifs is 1. The van der Waals surface area contributed by atoms with E-state index in [1.807, 2.05) is 55.5 Å². The van der Waals surface area contributed by atoms with E-state index in [1.165, 1.54) is 0 Å². The Labute approximate surface area is 116 Å². The van der Waals surface area contributed by atoms with Gasteiger partial charge in [-0.3, -0.25) is 4.79 Å². The lowest BCUT2D eigenvalue weighted by Gasteiger charge is -2.07. The van der Waals surface area contributed by atoms with Crippen LogP contribution in [-0.2, 0) is 11.3 Å². The summed E-state index contributed by atoms with van der Waals surface area (Å²) < 4.78 is 1.74. The van der Waals surface area contributed by atoms with Crippen molar-refractivity contribution in [3.63, 3.8) is 0 Å². The summed E-state index contributed by atoms with van der Waals surface area (Å²) in [6, 6.07) is 15.5. The van der Waals surface area contributed by atoms with Crippen LogP contribution in [0.5, 0.6) is 0 Å². The molecule has 100 valence electrons. The van der Waals surface area contributed by atoms with Crippen molar-refractivity contribution in [2.24, 2.45) is 0 Å². The van der Waals surface area contributed by atoms with Gasteiger partial charge in [-0.1, -0.05) is 35.9 Å². The minimum atomic E-state index is -0.873. The van der Waals surface area contributed by atoms with Gasteiger partial charge in [0, 0.05) is 5.56 Å². The van der Waals surface area contributed by atoms with Crippen LogP contribution in [0.4, 0.5) is 0 Å². The van der Waals surface area contributed by atoms with Gasteiger partial charge in [-0.25, -0.2) is 4.98 Å². The number of hydrogen-bond donors (Lipinski definition) is 1. The minimum Gasteiger partial charge on any atom is -0.480 e. The highest BCUT2D eigenvalue weighted by molar-refractivity contribution is 5.82. The first kappa shape index (κ1) is 12.4. The molecule has 0 aliphatic rings. The van der Waals surface area contributed by atoms with Gasteiger partial charge in [0.25, 0.3) is 0 Å². The molecule has 0 fully saturated rings. The highest BCUT2D eigenvalue weighted by atomic mass is 16.4. The van der Waals surface area contributed by atoms with E-state index in [2.05, 4.69) is 4.98 Å². The van der Waals surface area contributed by atoms with Crippen LogP contribution in [0.15, 0.2) is 48.5 Å². The molecule has 1 heterocycles. The van der Waals surface area contributed by atoms with Gasteiger partial charge in [0.2, 0.25) is 0 Å². The van der Waals surface area contributed by atoms with Crippen LogP contribution >= 0.6 is 0 Å². The molecule has 0 bridgehead atoms. The predicted octanol–water partition coefficient (Wildman–Crippen LogP) is 3.10. The first-order valence-electron chi connectivity index (χ1n) is 6.39. The SMILES string of the molecule is Cc1cccc(-c2nc3ccccc3n2CC(=O)O)c1. The lowest BCUT2D eigenvalue weighted by Crippen LogP contribution is -2.10. The Hall–Kier alpha value is -2.62. The van der Waals surface area contributed by atoms with Crippen molar-refractivity contribution in [2.75, 3.05) is 0 Å². The van der Waals surface area contributed by atoms with E-state index in [0.29, 0.717) is 5.82 Å². The number of rotatable bonds is 3. The fourth-order valence-corrected chi connectivity index (χ4v) is 2.38. The van der Waals surface area contributed by atoms with Crippen LogP contribution < -0.4 is 0 Å². The fourth-order valence-electron chi connectivity index (χ4n) is 2.38. The van der Waals surface area contributed by atoms with E-state index in [-0.39, 0.29) is 6.54 Å². The molecule has 0 atom stereocenters. The maximum atomic E-state index is 11.1. The van der Waals surface area contributed by atoms with Crippen molar-refractivity contribution in [1.29, 1.82) is 0 Å². The summed E-state index contributed by atoms with van der Waals surface area (Å²) >= 11 is 0. The molecule has 3 rings (SSSR count). The topological polar surface area (TPSA) is 55.1 Å². The predicted molar refractivity (Wildman–Crippen MR) is 77.5 cm³/mol. The van der Waals surface area contributed by atoms with Crippen molar-refractivity contribution in [3.8, 4) is 11.4 Å².